The number of nitrogens with zero attached hydrogens (tertiary/aromatic N) is 3. The molecule has 30 heavy (non-hydrogen) atoms. The highest BCUT2D eigenvalue weighted by Crippen LogP contribution is 2.24. The predicted octanol–water partition coefficient (Wildman–Crippen LogP) is 4.42. The molecule has 10 heteroatoms. The Hall–Kier alpha value is -3.56. The Kier molecular flexibility index (Phi) is 5.68. The summed E-state index contributed by atoms with van der Waals surface area (Å²) >= 11 is 0. The van der Waals surface area contributed by atoms with Crippen molar-refractivity contribution in [3.8, 4) is 22.8 Å². The number of alkyl halides is 3. The highest BCUT2D eigenvalue weighted by atomic mass is 19.4. The van der Waals surface area contributed by atoms with Gasteiger partial charge in [0.1, 0.15) is 12.1 Å². The first kappa shape index (κ1) is 21.2. The number of nitrogens with one attached hydrogen (secondary N) is 1. The molecule has 3 aromatic rings. The normalized spacial score (nSPS) is 11.9. The summed E-state index contributed by atoms with van der Waals surface area (Å²) in [6.45, 7) is 3.59. The topological polar surface area (TPSA) is 89.3 Å². The molecule has 0 aliphatic carbocycles. The summed E-state index contributed by atoms with van der Waals surface area (Å²) in [7, 11) is 0. The lowest BCUT2D eigenvalue weighted by molar-refractivity contribution is -0.274. The zero-order valence-electron chi connectivity index (χ0n) is 16.1. The number of aromatic nitrogens is 3. The van der Waals surface area contributed by atoms with E-state index in [2.05, 4.69) is 20.1 Å². The molecule has 1 amide bonds. The van der Waals surface area contributed by atoms with Gasteiger partial charge in [0.15, 0.2) is 5.82 Å². The molecule has 0 spiro atoms. The maximum Gasteiger partial charge on any atom is 0.573 e. The van der Waals surface area contributed by atoms with E-state index in [1.54, 1.807) is 13.8 Å². The lowest BCUT2D eigenvalue weighted by Gasteiger charge is -2.24. The molecule has 158 valence electrons. The molecule has 0 saturated heterocycles. The summed E-state index contributed by atoms with van der Waals surface area (Å²) in [5, 5.41) is 15.7. The van der Waals surface area contributed by atoms with Crippen LogP contribution in [-0.4, -0.2) is 37.9 Å². The van der Waals surface area contributed by atoms with E-state index in [4.69, 9.17) is 5.11 Å². The Morgan fingerprint density at radius 2 is 1.73 bits per heavy atom. The minimum atomic E-state index is -4.74. The fourth-order valence-electron chi connectivity index (χ4n) is 2.94. The first-order valence-corrected chi connectivity index (χ1v) is 8.89. The summed E-state index contributed by atoms with van der Waals surface area (Å²) in [6.07, 6.45) is -3.85. The van der Waals surface area contributed by atoms with Crippen LogP contribution in [0.1, 0.15) is 19.4 Å². The molecule has 0 atom stereocenters. The van der Waals surface area contributed by atoms with Crippen LogP contribution in [0.4, 0.5) is 18.0 Å². The zero-order chi connectivity index (χ0) is 21.9. The van der Waals surface area contributed by atoms with Gasteiger partial charge in [0, 0.05) is 11.1 Å². The van der Waals surface area contributed by atoms with Gasteiger partial charge in [-0.05, 0) is 50.1 Å². The molecule has 3 rings (SSSR count). The van der Waals surface area contributed by atoms with E-state index in [1.165, 1.54) is 35.3 Å². The molecular weight excluding hydrogens is 401 g/mol. The lowest BCUT2D eigenvalue weighted by Crippen LogP contribution is -2.44. The number of ether oxygens (including phenoxy) is 1. The van der Waals surface area contributed by atoms with Crippen molar-refractivity contribution in [2.75, 3.05) is 0 Å². The van der Waals surface area contributed by atoms with Gasteiger partial charge in [0.2, 0.25) is 0 Å². The second-order valence-corrected chi connectivity index (χ2v) is 7.24. The number of amides is 1. The molecule has 1 heterocycles. The number of benzene rings is 2. The monoisotopic (exact) mass is 420 g/mol. The van der Waals surface area contributed by atoms with Crippen LogP contribution in [0, 0.1) is 0 Å². The molecule has 0 saturated carbocycles. The van der Waals surface area contributed by atoms with Crippen LogP contribution in [0.2, 0.25) is 0 Å². The summed E-state index contributed by atoms with van der Waals surface area (Å²) < 4.78 is 42.1. The van der Waals surface area contributed by atoms with Gasteiger partial charge >= 0.3 is 12.5 Å². The predicted molar refractivity (Wildman–Crippen MR) is 102 cm³/mol. The summed E-state index contributed by atoms with van der Waals surface area (Å²) in [6, 6.07) is 12.7. The van der Waals surface area contributed by atoms with Crippen molar-refractivity contribution in [2.24, 2.45) is 0 Å². The molecule has 0 unspecified atom stereocenters. The third-order valence-electron chi connectivity index (χ3n) is 4.13. The van der Waals surface area contributed by atoms with E-state index < -0.39 is 18.0 Å². The first-order chi connectivity index (χ1) is 14.0. The van der Waals surface area contributed by atoms with Crippen molar-refractivity contribution in [1.29, 1.82) is 0 Å². The van der Waals surface area contributed by atoms with Crippen molar-refractivity contribution in [3.05, 3.63) is 60.4 Å². The van der Waals surface area contributed by atoms with E-state index in [9.17, 15) is 18.0 Å². The Bertz CT molecular complexity index is 1010. The second-order valence-electron chi connectivity index (χ2n) is 7.24. The minimum absolute atomic E-state index is 0.317. The fraction of sp³-hybridized carbons (Fsp3) is 0.250. The number of rotatable bonds is 6. The minimum Gasteiger partial charge on any atom is -0.465 e. The molecule has 2 aromatic carbocycles. The van der Waals surface area contributed by atoms with Crippen molar-refractivity contribution in [1.82, 2.24) is 20.1 Å². The van der Waals surface area contributed by atoms with Crippen LogP contribution < -0.4 is 10.1 Å². The van der Waals surface area contributed by atoms with E-state index >= 15 is 0 Å². The van der Waals surface area contributed by atoms with E-state index in [0.29, 0.717) is 17.9 Å². The van der Waals surface area contributed by atoms with Crippen LogP contribution in [0.15, 0.2) is 54.9 Å². The highest BCUT2D eigenvalue weighted by Gasteiger charge is 2.31. The van der Waals surface area contributed by atoms with Crippen LogP contribution in [-0.2, 0) is 6.42 Å². The highest BCUT2D eigenvalue weighted by molar-refractivity contribution is 5.65. The average Bonchev–Trinajstić information content (AvgIpc) is 3.10. The fourth-order valence-corrected chi connectivity index (χ4v) is 2.94. The third kappa shape index (κ3) is 5.72. The van der Waals surface area contributed by atoms with Gasteiger partial charge in [-0.3, -0.25) is 0 Å². The smallest absolute Gasteiger partial charge is 0.465 e. The maximum absolute atomic E-state index is 12.3. The van der Waals surface area contributed by atoms with Crippen LogP contribution >= 0.6 is 0 Å². The SMILES string of the molecule is CC(C)(Cc1ccc(-c2ncn(-c3ccc(OC(F)(F)F)cc3)n2)cc1)NC(=O)O. The Morgan fingerprint density at radius 1 is 1.10 bits per heavy atom. The van der Waals surface area contributed by atoms with Crippen LogP contribution in [0.3, 0.4) is 0 Å². The number of halogens is 3. The number of hydrogen-bond acceptors (Lipinski definition) is 4. The van der Waals surface area contributed by atoms with E-state index in [-0.39, 0.29) is 5.75 Å². The van der Waals surface area contributed by atoms with Gasteiger partial charge in [-0.25, -0.2) is 14.5 Å². The zero-order valence-corrected chi connectivity index (χ0v) is 16.1. The number of hydrogen-bond donors (Lipinski definition) is 2. The van der Waals surface area contributed by atoms with Crippen molar-refractivity contribution < 1.29 is 27.8 Å². The van der Waals surface area contributed by atoms with Gasteiger partial charge < -0.3 is 15.2 Å². The largest absolute Gasteiger partial charge is 0.573 e. The van der Waals surface area contributed by atoms with Gasteiger partial charge in [0.05, 0.1) is 5.69 Å². The molecular formula is C20H19F3N4O3. The van der Waals surface area contributed by atoms with Crippen molar-refractivity contribution >= 4 is 6.09 Å². The second kappa shape index (κ2) is 8.05. The van der Waals surface area contributed by atoms with Gasteiger partial charge in [-0.15, -0.1) is 18.3 Å². The molecule has 2 N–H and O–H groups in total. The lowest BCUT2D eigenvalue weighted by atomic mass is 9.94. The molecule has 7 nitrogen and oxygen atoms in total. The van der Waals surface area contributed by atoms with Gasteiger partial charge in [-0.2, -0.15) is 0 Å². The average molecular weight is 420 g/mol. The summed E-state index contributed by atoms with van der Waals surface area (Å²) in [5.74, 6) is 0.127. The maximum atomic E-state index is 12.3. The molecule has 0 aliphatic heterocycles. The van der Waals surface area contributed by atoms with E-state index in [0.717, 1.165) is 11.1 Å². The van der Waals surface area contributed by atoms with Gasteiger partial charge in [-0.1, -0.05) is 24.3 Å². The van der Waals surface area contributed by atoms with Crippen LogP contribution in [0.25, 0.3) is 17.1 Å². The quantitative estimate of drug-likeness (QED) is 0.616. The standard InChI is InChI=1S/C20H19F3N4O3/c1-19(2,25-18(28)29)11-13-3-5-14(6-4-13)17-24-12-27(26-17)15-7-9-16(10-8-15)30-20(21,22)23/h3-10,12,25H,11H2,1-2H3,(H,28,29). The molecule has 1 aromatic heterocycles. The van der Waals surface area contributed by atoms with Crippen LogP contribution in [0.5, 0.6) is 5.75 Å². The number of carbonyl (C=O) groups is 1. The molecule has 0 aliphatic rings. The van der Waals surface area contributed by atoms with Gasteiger partial charge in [0.25, 0.3) is 0 Å². The Labute approximate surface area is 170 Å². The Morgan fingerprint density at radius 3 is 2.30 bits per heavy atom. The van der Waals surface area contributed by atoms with E-state index in [1.807, 2.05) is 24.3 Å². The molecule has 0 bridgehead atoms. The molecule has 0 fully saturated rings. The van der Waals surface area contributed by atoms with Crippen molar-refractivity contribution in [2.45, 2.75) is 32.2 Å². The summed E-state index contributed by atoms with van der Waals surface area (Å²) in [5.41, 5.74) is 1.60. The third-order valence-corrected chi connectivity index (χ3v) is 4.13. The van der Waals surface area contributed by atoms with Crippen molar-refractivity contribution in [3.63, 3.8) is 0 Å². The molecule has 0 radical (unpaired) electrons. The first-order valence-electron chi connectivity index (χ1n) is 8.89. The summed E-state index contributed by atoms with van der Waals surface area (Å²) in [4.78, 5) is 15.1. The Balaban J connectivity index is 1.71. The number of carboxylic acid groups (broad SMARTS) is 1.